The second kappa shape index (κ2) is 45.9. The Hall–Kier alpha value is -2.20. The van der Waals surface area contributed by atoms with Gasteiger partial charge in [0.05, 0.1) is 19.8 Å². The van der Waals surface area contributed by atoms with E-state index in [0.29, 0.717) is 13.0 Å². The van der Waals surface area contributed by atoms with Crippen LogP contribution in [0.3, 0.4) is 0 Å². The molecule has 1 fully saturated rings. The van der Waals surface area contributed by atoms with E-state index < -0.39 is 59.8 Å². The summed E-state index contributed by atoms with van der Waals surface area (Å²) in [6.45, 7) is 3.88. The van der Waals surface area contributed by atoms with E-state index in [-0.39, 0.29) is 19.6 Å². The lowest BCUT2D eigenvalue weighted by Crippen LogP contribution is -2.60. The van der Waals surface area contributed by atoms with Crippen LogP contribution in [0.25, 0.3) is 0 Å². The van der Waals surface area contributed by atoms with Crippen molar-refractivity contribution in [3.05, 3.63) is 60.8 Å². The Morgan fingerprint density at radius 1 is 0.574 bits per heavy atom. The van der Waals surface area contributed by atoms with Gasteiger partial charge in [0.1, 0.15) is 30.5 Å². The van der Waals surface area contributed by atoms with Gasteiger partial charge in [0.25, 0.3) is 0 Å². The molecule has 4 N–H and O–H groups in total. The molecule has 1 saturated heterocycles. The number of unbranched alkanes of at least 4 members (excludes halogenated alkanes) is 24. The van der Waals surface area contributed by atoms with Gasteiger partial charge in [-0.15, -0.1) is 0 Å². The Morgan fingerprint density at radius 2 is 1.01 bits per heavy atom. The number of ether oxygens (including phenoxy) is 4. The van der Waals surface area contributed by atoms with Crippen molar-refractivity contribution in [2.45, 2.75) is 256 Å². The summed E-state index contributed by atoms with van der Waals surface area (Å²) in [5.74, 6) is -0.408. The van der Waals surface area contributed by atoms with Gasteiger partial charge in [0, 0.05) is 13.0 Å². The number of hydrogen-bond donors (Lipinski definition) is 4. The minimum Gasteiger partial charge on any atom is -0.457 e. The van der Waals surface area contributed by atoms with Crippen LogP contribution in [-0.2, 0) is 38.3 Å². The summed E-state index contributed by atoms with van der Waals surface area (Å²) in [5.41, 5.74) is 0. The lowest BCUT2D eigenvalue weighted by Gasteiger charge is -2.41. The number of rotatable bonds is 47. The zero-order valence-corrected chi connectivity index (χ0v) is 43.5. The van der Waals surface area contributed by atoms with Crippen LogP contribution in [0.4, 0.5) is 0 Å². The van der Waals surface area contributed by atoms with Crippen molar-refractivity contribution in [1.29, 1.82) is 0 Å². The Morgan fingerprint density at radius 3 is 1.50 bits per heavy atom. The highest BCUT2D eigenvalue weighted by Gasteiger charge is 2.48. The number of allylic oxidation sites excluding steroid dienone is 10. The fourth-order valence-corrected chi connectivity index (χ4v) is 8.58. The van der Waals surface area contributed by atoms with Crippen LogP contribution in [0.1, 0.15) is 219 Å². The summed E-state index contributed by atoms with van der Waals surface area (Å²) in [7, 11) is -5.07. The Bertz CT molecular complexity index is 1410. The molecule has 68 heavy (non-hydrogen) atoms. The van der Waals surface area contributed by atoms with Crippen LogP contribution >= 0.6 is 0 Å². The Kier molecular flexibility index (Phi) is 43.1. The van der Waals surface area contributed by atoms with Crippen LogP contribution in [0.15, 0.2) is 60.8 Å². The molecule has 0 radical (unpaired) electrons. The summed E-state index contributed by atoms with van der Waals surface area (Å²) < 4.78 is 59.3. The van der Waals surface area contributed by atoms with Crippen molar-refractivity contribution in [1.82, 2.24) is 0 Å². The number of aliphatic hydroxyl groups is 3. The van der Waals surface area contributed by atoms with E-state index in [1.54, 1.807) is 0 Å². The molecule has 0 aromatic rings. The standard InChI is InChI=1S/C55H98O12S/c1-3-5-7-9-11-13-15-17-19-20-21-22-23-24-25-26-27-28-29-31-33-35-37-39-41-43-45-63-47-49(48-64-55-53(59)54(67-68(60,61)62)52(58)50(46-56)66-55)65-51(57)44-42-40-38-36-34-32-30-18-16-14-12-10-8-6-4-2/h5,7,11,13,17-19,21-22,30,49-50,52-56,58-59H,3-4,6,8-10,12,14-16,20,23-29,31-48H2,1-2H3,(H,60,61,62)/b7-5-,13-11-,19-17-,22-21-,30-18-. The summed E-state index contributed by atoms with van der Waals surface area (Å²) in [5, 5.41) is 30.8. The normalized spacial score (nSPS) is 19.8. The summed E-state index contributed by atoms with van der Waals surface area (Å²) in [4.78, 5) is 12.9. The molecule has 13 heteroatoms. The van der Waals surface area contributed by atoms with Gasteiger partial charge in [-0.1, -0.05) is 197 Å². The molecule has 0 aliphatic carbocycles. The quantitative estimate of drug-likeness (QED) is 0.0197. The zero-order valence-electron chi connectivity index (χ0n) is 42.7. The van der Waals surface area contributed by atoms with Crippen molar-refractivity contribution in [3.63, 3.8) is 0 Å². The summed E-state index contributed by atoms with van der Waals surface area (Å²) in [6, 6.07) is 0. The van der Waals surface area contributed by atoms with Crippen LogP contribution in [0, 0.1) is 0 Å². The summed E-state index contributed by atoms with van der Waals surface area (Å²) >= 11 is 0. The predicted octanol–water partition coefficient (Wildman–Crippen LogP) is 12.9. The molecule has 1 aliphatic rings. The van der Waals surface area contributed by atoms with Gasteiger partial charge < -0.3 is 34.3 Å². The van der Waals surface area contributed by atoms with Gasteiger partial charge in [0.15, 0.2) is 6.29 Å². The van der Waals surface area contributed by atoms with E-state index >= 15 is 0 Å². The molecule has 0 bridgehead atoms. The number of esters is 1. The van der Waals surface area contributed by atoms with Gasteiger partial charge in [0.2, 0.25) is 0 Å². The van der Waals surface area contributed by atoms with Gasteiger partial charge in [-0.3, -0.25) is 9.35 Å². The van der Waals surface area contributed by atoms with E-state index in [9.17, 15) is 33.1 Å². The highest BCUT2D eigenvalue weighted by Crippen LogP contribution is 2.26. The molecule has 6 atom stereocenters. The molecule has 1 rings (SSSR count). The first-order valence-electron chi connectivity index (χ1n) is 27.0. The molecule has 0 aromatic carbocycles. The number of aliphatic hydroxyl groups excluding tert-OH is 3. The second-order valence-corrected chi connectivity index (χ2v) is 19.5. The molecule has 0 saturated carbocycles. The van der Waals surface area contributed by atoms with Crippen LogP contribution in [0.2, 0.25) is 0 Å². The topological polar surface area (TPSA) is 178 Å². The number of carbonyl (C=O) groups is 1. The molecular formula is C55H98O12S. The molecule has 12 nitrogen and oxygen atoms in total. The van der Waals surface area contributed by atoms with Crippen molar-refractivity contribution < 1.29 is 56.2 Å². The predicted molar refractivity (Wildman–Crippen MR) is 276 cm³/mol. The lowest BCUT2D eigenvalue weighted by atomic mass is 9.99. The van der Waals surface area contributed by atoms with E-state index in [1.165, 1.54) is 109 Å². The molecule has 1 heterocycles. The highest BCUT2D eigenvalue weighted by atomic mass is 32.3. The molecule has 396 valence electrons. The summed E-state index contributed by atoms with van der Waals surface area (Å²) in [6.07, 6.45) is 49.7. The number of carbonyl (C=O) groups excluding carboxylic acids is 1. The van der Waals surface area contributed by atoms with Crippen molar-refractivity contribution in [2.75, 3.05) is 26.4 Å². The van der Waals surface area contributed by atoms with E-state index in [1.807, 2.05) is 0 Å². The number of hydrogen-bond acceptors (Lipinski definition) is 11. The molecular weight excluding hydrogens is 885 g/mol. The third-order valence-electron chi connectivity index (χ3n) is 12.1. The highest BCUT2D eigenvalue weighted by molar-refractivity contribution is 7.80. The van der Waals surface area contributed by atoms with Gasteiger partial charge in [-0.25, -0.2) is 4.18 Å². The Labute approximate surface area is 414 Å². The first kappa shape index (κ1) is 63.8. The van der Waals surface area contributed by atoms with E-state index in [4.69, 9.17) is 18.9 Å². The first-order valence-corrected chi connectivity index (χ1v) is 28.4. The third-order valence-corrected chi connectivity index (χ3v) is 12.6. The third kappa shape index (κ3) is 38.5. The van der Waals surface area contributed by atoms with Gasteiger partial charge in [-0.2, -0.15) is 8.42 Å². The minimum absolute atomic E-state index is 0.0310. The van der Waals surface area contributed by atoms with Crippen molar-refractivity contribution in [2.24, 2.45) is 0 Å². The fraction of sp³-hybridized carbons (Fsp3) is 0.800. The minimum atomic E-state index is -5.07. The monoisotopic (exact) mass is 983 g/mol. The SMILES string of the molecule is CC/C=C\C/C=C\C/C=C\C/C=C\CCCCCCCCCCCCCCCOCC(COC1OC(CO)C(O)C(OS(=O)(=O)O)C1O)OC(=O)CCCCCCC/C=C\CCCCCCCC. The first-order chi connectivity index (χ1) is 33.1. The Balaban J connectivity index is 2.30. The average Bonchev–Trinajstić information content (AvgIpc) is 3.31. The van der Waals surface area contributed by atoms with Crippen molar-refractivity contribution >= 4 is 16.4 Å². The molecule has 0 amide bonds. The largest absolute Gasteiger partial charge is 0.457 e. The molecule has 0 aromatic heterocycles. The average molecular weight is 983 g/mol. The molecule has 0 spiro atoms. The maximum atomic E-state index is 12.9. The van der Waals surface area contributed by atoms with Gasteiger partial charge >= 0.3 is 16.4 Å². The fourth-order valence-electron chi connectivity index (χ4n) is 8.07. The van der Waals surface area contributed by atoms with E-state index in [2.05, 4.69) is 78.8 Å². The molecule has 1 aliphatic heterocycles. The maximum Gasteiger partial charge on any atom is 0.397 e. The smallest absolute Gasteiger partial charge is 0.397 e. The van der Waals surface area contributed by atoms with Crippen LogP contribution in [-0.4, -0.2) is 97.5 Å². The lowest BCUT2D eigenvalue weighted by molar-refractivity contribution is -0.301. The van der Waals surface area contributed by atoms with Crippen LogP contribution < -0.4 is 0 Å². The van der Waals surface area contributed by atoms with E-state index in [0.717, 1.165) is 83.5 Å². The van der Waals surface area contributed by atoms with Crippen molar-refractivity contribution in [3.8, 4) is 0 Å². The molecule has 6 unspecified atom stereocenters. The maximum absolute atomic E-state index is 12.9. The van der Waals surface area contributed by atoms with Gasteiger partial charge in [-0.05, 0) is 77.0 Å². The van der Waals surface area contributed by atoms with Crippen LogP contribution in [0.5, 0.6) is 0 Å². The second-order valence-electron chi connectivity index (χ2n) is 18.4. The zero-order chi connectivity index (χ0) is 49.6.